The summed E-state index contributed by atoms with van der Waals surface area (Å²) in [6, 6.07) is 20.3. The molecule has 15 heteroatoms. The van der Waals surface area contributed by atoms with Crippen LogP contribution in [-0.4, -0.2) is 49.8 Å². The van der Waals surface area contributed by atoms with Gasteiger partial charge in [-0.15, -0.1) is 0 Å². The van der Waals surface area contributed by atoms with E-state index in [1.807, 2.05) is 0 Å². The van der Waals surface area contributed by atoms with Crippen molar-refractivity contribution in [3.8, 4) is 5.75 Å². The Labute approximate surface area is 295 Å². The first kappa shape index (κ1) is 37.1. The number of carbonyl (C=O) groups is 1. The first-order valence-electron chi connectivity index (χ1n) is 15.2. The van der Waals surface area contributed by atoms with Gasteiger partial charge in [0, 0.05) is 47.2 Å². The minimum atomic E-state index is -4.85. The molecule has 0 radical (unpaired) electrons. The third-order valence-electron chi connectivity index (χ3n) is 7.87. The zero-order valence-electron chi connectivity index (χ0n) is 26.1. The number of aliphatic imine (C=N–C) groups is 1. The molecule has 5 rings (SSSR count). The van der Waals surface area contributed by atoms with Crippen molar-refractivity contribution >= 4 is 44.8 Å². The first-order chi connectivity index (χ1) is 23.7. The van der Waals surface area contributed by atoms with Crippen molar-refractivity contribution in [2.75, 3.05) is 19.0 Å². The maximum atomic E-state index is 14.4. The van der Waals surface area contributed by atoms with Crippen LogP contribution in [0.2, 0.25) is 10.0 Å². The van der Waals surface area contributed by atoms with Crippen molar-refractivity contribution < 1.29 is 45.4 Å². The third-order valence-corrected chi connectivity index (χ3v) is 10.2. The number of alkyl halides is 3. The number of ether oxygens (including phenoxy) is 2. The maximum Gasteiger partial charge on any atom is 0.416 e. The molecule has 1 aliphatic rings. The molecule has 1 heterocycles. The van der Waals surface area contributed by atoms with Gasteiger partial charge in [0.25, 0.3) is 5.91 Å². The van der Waals surface area contributed by atoms with E-state index in [9.17, 15) is 30.8 Å². The molecular weight excluding hydrogens is 723 g/mol. The number of benzene rings is 4. The Hall–Kier alpha value is -4.17. The molecule has 4 aromatic rings. The van der Waals surface area contributed by atoms with Gasteiger partial charge in [-0.3, -0.25) is 4.79 Å². The predicted molar refractivity (Wildman–Crippen MR) is 180 cm³/mol. The van der Waals surface area contributed by atoms with Crippen molar-refractivity contribution in [2.24, 2.45) is 4.99 Å². The summed E-state index contributed by atoms with van der Waals surface area (Å²) in [5.74, 6) is -2.24. The quantitative estimate of drug-likeness (QED) is 0.109. The van der Waals surface area contributed by atoms with Crippen LogP contribution in [0, 0.1) is 5.82 Å². The summed E-state index contributed by atoms with van der Waals surface area (Å²) < 4.78 is 93.5. The van der Waals surface area contributed by atoms with Crippen LogP contribution in [0.25, 0.3) is 0 Å². The minimum Gasteiger partial charge on any atom is -0.494 e. The van der Waals surface area contributed by atoms with Gasteiger partial charge >= 0.3 is 6.18 Å². The van der Waals surface area contributed by atoms with Crippen LogP contribution in [-0.2, 0) is 32.1 Å². The fourth-order valence-corrected chi connectivity index (χ4v) is 7.24. The van der Waals surface area contributed by atoms with Gasteiger partial charge in [0.2, 0.25) is 5.90 Å². The summed E-state index contributed by atoms with van der Waals surface area (Å²) in [6.45, 7) is -0.345. The highest BCUT2D eigenvalue weighted by Gasteiger charge is 2.54. The summed E-state index contributed by atoms with van der Waals surface area (Å²) in [7, 11) is -4.00. The highest BCUT2D eigenvalue weighted by Crippen LogP contribution is 2.45. The molecular formula is C35H30Cl2F4N2O6S. The Morgan fingerprint density at radius 3 is 2.38 bits per heavy atom. The number of nitrogens with zero attached hydrogens (tertiary/aromatic N) is 1. The van der Waals surface area contributed by atoms with E-state index in [0.717, 1.165) is 6.07 Å². The number of hydrogen-bond acceptors (Lipinski definition) is 7. The normalized spacial score (nSPS) is 17.6. The molecule has 0 aromatic heterocycles. The molecule has 264 valence electrons. The summed E-state index contributed by atoms with van der Waals surface area (Å²) >= 11 is 12.8. The first-order valence-corrected chi connectivity index (χ1v) is 17.6. The van der Waals surface area contributed by atoms with Crippen molar-refractivity contribution in [2.45, 2.75) is 42.1 Å². The van der Waals surface area contributed by atoms with Gasteiger partial charge in [-0.1, -0.05) is 47.5 Å². The van der Waals surface area contributed by atoms with Gasteiger partial charge in [-0.25, -0.2) is 17.8 Å². The maximum absolute atomic E-state index is 14.4. The minimum absolute atomic E-state index is 0.00372. The highest BCUT2D eigenvalue weighted by molar-refractivity contribution is 7.91. The van der Waals surface area contributed by atoms with E-state index in [2.05, 4.69) is 5.32 Å². The van der Waals surface area contributed by atoms with Crippen molar-refractivity contribution in [3.05, 3.63) is 129 Å². The molecule has 0 fully saturated rings. The van der Waals surface area contributed by atoms with E-state index in [4.69, 9.17) is 42.8 Å². The highest BCUT2D eigenvalue weighted by atomic mass is 35.5. The van der Waals surface area contributed by atoms with Gasteiger partial charge in [-0.05, 0) is 72.3 Å². The number of carbonyl (C=O) groups excluding carboxylic acids is 1. The molecule has 8 nitrogen and oxygen atoms in total. The third kappa shape index (κ3) is 8.58. The van der Waals surface area contributed by atoms with Crippen LogP contribution in [0.5, 0.6) is 5.75 Å². The molecule has 0 spiro atoms. The average Bonchev–Trinajstić information content (AvgIpc) is 3.47. The zero-order chi connectivity index (χ0) is 36.1. The second-order valence-electron chi connectivity index (χ2n) is 11.4. The lowest BCUT2D eigenvalue weighted by Crippen LogP contribution is -2.49. The molecule has 50 heavy (non-hydrogen) atoms. The number of rotatable bonds is 13. The standard InChI is InChI=1S/C35H30Cl2F4N2O6S/c36-25-9-12-29(30(37)20-25)31-34(13-16-50(46,47)28-5-2-1-3-6-28,33(45)42-21-22-17-24(35(39,40)41)19-26(38)18-22)43-32(49-31)23-7-10-27(11-8-23)48-15-4-14-44/h1-3,5-12,17-20,31,44H,4,13-16,21H2,(H,42,45)/t31-,34-/m1/s1. The molecule has 0 unspecified atom stereocenters. The van der Waals surface area contributed by atoms with Gasteiger partial charge in [0.05, 0.1) is 22.8 Å². The van der Waals surface area contributed by atoms with E-state index >= 15 is 0 Å². The number of nitrogens with one attached hydrogen (secondary N) is 1. The van der Waals surface area contributed by atoms with E-state index in [1.165, 1.54) is 30.3 Å². The molecule has 4 aromatic carbocycles. The molecule has 2 atom stereocenters. The number of aliphatic hydroxyl groups is 1. The van der Waals surface area contributed by atoms with Gasteiger partial charge in [-0.2, -0.15) is 13.2 Å². The number of amides is 1. The van der Waals surface area contributed by atoms with Crippen molar-refractivity contribution in [1.82, 2.24) is 5.32 Å². The fraction of sp³-hybridized carbons (Fsp3) is 0.257. The second kappa shape index (κ2) is 15.4. The molecule has 2 N–H and O–H groups in total. The number of aliphatic hydroxyl groups excluding tert-OH is 1. The Bertz CT molecular complexity index is 1980. The van der Waals surface area contributed by atoms with Gasteiger partial charge in [0.15, 0.2) is 21.5 Å². The van der Waals surface area contributed by atoms with Crippen LogP contribution in [0.4, 0.5) is 17.6 Å². The van der Waals surface area contributed by atoms with Crippen LogP contribution in [0.1, 0.15) is 41.2 Å². The Morgan fingerprint density at radius 2 is 1.72 bits per heavy atom. The van der Waals surface area contributed by atoms with Crippen LogP contribution in [0.15, 0.2) is 101 Å². The Morgan fingerprint density at radius 1 is 1.00 bits per heavy atom. The molecule has 0 aliphatic carbocycles. The topological polar surface area (TPSA) is 114 Å². The van der Waals surface area contributed by atoms with Gasteiger partial charge < -0.3 is 19.9 Å². The lowest BCUT2D eigenvalue weighted by molar-refractivity contribution is -0.137. The average molecular weight is 754 g/mol. The SMILES string of the molecule is O=C(NCc1cc(F)cc(C(F)(F)F)c1)[C@]1(CCS(=O)(=O)c2ccccc2)N=C(c2ccc(OCCCO)cc2)O[C@@H]1c1ccc(Cl)cc1Cl. The summed E-state index contributed by atoms with van der Waals surface area (Å²) in [6.07, 6.45) is -6.23. The smallest absolute Gasteiger partial charge is 0.416 e. The predicted octanol–water partition coefficient (Wildman–Crippen LogP) is 7.35. The number of hydrogen-bond donors (Lipinski definition) is 2. The number of sulfone groups is 1. The van der Waals surface area contributed by atoms with Crippen LogP contribution in [0.3, 0.4) is 0 Å². The fourth-order valence-electron chi connectivity index (χ4n) is 5.35. The van der Waals surface area contributed by atoms with Crippen molar-refractivity contribution in [1.29, 1.82) is 0 Å². The van der Waals surface area contributed by atoms with E-state index < -0.39 is 63.7 Å². The van der Waals surface area contributed by atoms with Gasteiger partial charge in [0.1, 0.15) is 11.6 Å². The van der Waals surface area contributed by atoms with E-state index in [0.29, 0.717) is 29.9 Å². The largest absolute Gasteiger partial charge is 0.494 e. The number of halogens is 6. The summed E-state index contributed by atoms with van der Waals surface area (Å²) in [5.41, 5.74) is -2.87. The zero-order valence-corrected chi connectivity index (χ0v) is 28.4. The molecule has 1 aliphatic heterocycles. The Kier molecular flexibility index (Phi) is 11.4. The lowest BCUT2D eigenvalue weighted by Gasteiger charge is -2.31. The van der Waals surface area contributed by atoms with E-state index in [1.54, 1.807) is 42.5 Å². The van der Waals surface area contributed by atoms with Crippen molar-refractivity contribution in [3.63, 3.8) is 0 Å². The van der Waals surface area contributed by atoms with E-state index in [-0.39, 0.29) is 45.2 Å². The molecule has 0 saturated heterocycles. The molecule has 0 bridgehead atoms. The Balaban J connectivity index is 1.58. The molecule has 1 amide bonds. The second-order valence-corrected chi connectivity index (χ2v) is 14.3. The van der Waals surface area contributed by atoms with Crippen LogP contribution < -0.4 is 10.1 Å². The molecule has 0 saturated carbocycles. The monoisotopic (exact) mass is 752 g/mol. The summed E-state index contributed by atoms with van der Waals surface area (Å²) in [4.78, 5) is 19.1. The summed E-state index contributed by atoms with van der Waals surface area (Å²) in [5, 5.41) is 11.9. The van der Waals surface area contributed by atoms with Crippen LogP contribution >= 0.6 is 23.2 Å². The lowest BCUT2D eigenvalue weighted by atomic mass is 9.85.